The Morgan fingerprint density at radius 3 is 1.89 bits per heavy atom. The highest BCUT2D eigenvalue weighted by Gasteiger charge is 1.96. The number of aromatic nitrogens is 1. The van der Waals surface area contributed by atoms with E-state index in [0.29, 0.717) is 10.4 Å². The highest BCUT2D eigenvalue weighted by Crippen LogP contribution is 2.20. The molecule has 92 valence electrons. The monoisotopic (exact) mass is 242 g/mol. The summed E-state index contributed by atoms with van der Waals surface area (Å²) >= 11 is 0. The molecule has 1 aromatic carbocycles. The molecule has 0 aliphatic heterocycles. The molecule has 5 heteroatoms. The number of pyridine rings is 1. The van der Waals surface area contributed by atoms with Gasteiger partial charge in [-0.15, -0.1) is 0 Å². The van der Waals surface area contributed by atoms with E-state index in [1.165, 1.54) is 12.4 Å². The molecule has 0 bridgehead atoms. The fraction of sp³-hybridized carbons (Fsp3) is 0.154. The summed E-state index contributed by atoms with van der Waals surface area (Å²) in [6.45, 7) is 0. The molecule has 2 rings (SSSR count). The van der Waals surface area contributed by atoms with E-state index in [4.69, 9.17) is 0 Å². The summed E-state index contributed by atoms with van der Waals surface area (Å²) in [5, 5.41) is 19.0. The third-order valence-electron chi connectivity index (χ3n) is 2.43. The lowest BCUT2D eigenvalue weighted by Gasteiger charge is -2.11. The van der Waals surface area contributed by atoms with Crippen LogP contribution in [0.3, 0.4) is 0 Å². The third kappa shape index (κ3) is 3.04. The molecule has 0 saturated carbocycles. The van der Waals surface area contributed by atoms with Gasteiger partial charge in [0.05, 0.1) is 11.4 Å². The lowest BCUT2D eigenvalue weighted by molar-refractivity contribution is -0.605. The van der Waals surface area contributed by atoms with Gasteiger partial charge >= 0.3 is 0 Å². The van der Waals surface area contributed by atoms with Crippen LogP contribution in [0.15, 0.2) is 59.0 Å². The zero-order chi connectivity index (χ0) is 13.0. The van der Waals surface area contributed by atoms with Crippen LogP contribution in [0.25, 0.3) is 0 Å². The van der Waals surface area contributed by atoms with Gasteiger partial charge in [0, 0.05) is 31.9 Å². The van der Waals surface area contributed by atoms with Crippen LogP contribution in [-0.4, -0.2) is 14.1 Å². The summed E-state index contributed by atoms with van der Waals surface area (Å²) < 4.78 is 0.713. The predicted molar refractivity (Wildman–Crippen MR) is 70.3 cm³/mol. The van der Waals surface area contributed by atoms with Gasteiger partial charge in [-0.25, -0.2) is 0 Å². The topological polar surface area (TPSA) is 54.9 Å². The Bertz CT molecular complexity index is 532. The average Bonchev–Trinajstić information content (AvgIpc) is 2.38. The largest absolute Gasteiger partial charge is 0.619 e. The Morgan fingerprint density at radius 1 is 0.889 bits per heavy atom. The van der Waals surface area contributed by atoms with Crippen LogP contribution in [0.5, 0.6) is 0 Å². The first kappa shape index (κ1) is 12.0. The minimum atomic E-state index is 0.652. The number of hydrogen-bond donors (Lipinski definition) is 0. The van der Waals surface area contributed by atoms with Gasteiger partial charge in [-0.3, -0.25) is 0 Å². The molecule has 0 saturated heterocycles. The van der Waals surface area contributed by atoms with Gasteiger partial charge in [0.25, 0.3) is 0 Å². The molecule has 0 amide bonds. The first-order chi connectivity index (χ1) is 8.65. The Morgan fingerprint density at radius 2 is 1.39 bits per heavy atom. The maximum absolute atomic E-state index is 10.8. The van der Waals surface area contributed by atoms with Gasteiger partial charge in [0.15, 0.2) is 12.4 Å². The number of hydrogen-bond acceptors (Lipinski definition) is 4. The molecule has 0 aliphatic carbocycles. The maximum atomic E-state index is 10.8. The Labute approximate surface area is 106 Å². The predicted octanol–water partition coefficient (Wildman–Crippen LogP) is 2.80. The van der Waals surface area contributed by atoms with Crippen LogP contribution in [-0.2, 0) is 0 Å². The van der Waals surface area contributed by atoms with E-state index in [9.17, 15) is 5.21 Å². The zero-order valence-electron chi connectivity index (χ0n) is 10.3. The van der Waals surface area contributed by atoms with Gasteiger partial charge in [-0.2, -0.15) is 15.0 Å². The standard InChI is InChI=1S/C13H14N4O/c1-16(2)13-5-3-11(4-6-13)14-15-12-7-9-17(18)10-8-12/h3-10H,1-2H3. The fourth-order valence-corrected chi connectivity index (χ4v) is 1.40. The molecule has 5 nitrogen and oxygen atoms in total. The summed E-state index contributed by atoms with van der Waals surface area (Å²) in [4.78, 5) is 2.02. The van der Waals surface area contributed by atoms with Crippen molar-refractivity contribution in [2.45, 2.75) is 0 Å². The van der Waals surface area contributed by atoms with Gasteiger partial charge in [-0.1, -0.05) is 0 Å². The molecule has 0 radical (unpaired) electrons. The first-order valence-electron chi connectivity index (χ1n) is 5.53. The van der Waals surface area contributed by atoms with Gasteiger partial charge < -0.3 is 10.1 Å². The highest BCUT2D eigenvalue weighted by atomic mass is 16.5. The molecular formula is C13H14N4O. The zero-order valence-corrected chi connectivity index (χ0v) is 10.3. The van der Waals surface area contributed by atoms with Crippen molar-refractivity contribution in [1.29, 1.82) is 0 Å². The molecule has 0 unspecified atom stereocenters. The third-order valence-corrected chi connectivity index (χ3v) is 2.43. The van der Waals surface area contributed by atoms with Crippen LogP contribution in [0.1, 0.15) is 0 Å². The molecular weight excluding hydrogens is 228 g/mol. The van der Waals surface area contributed by atoms with Crippen LogP contribution in [0, 0.1) is 5.21 Å². The number of nitrogens with zero attached hydrogens (tertiary/aromatic N) is 4. The normalized spacial score (nSPS) is 10.8. The smallest absolute Gasteiger partial charge is 0.182 e. The summed E-state index contributed by atoms with van der Waals surface area (Å²) in [5.74, 6) is 0. The van der Waals surface area contributed by atoms with E-state index in [1.807, 2.05) is 43.3 Å². The van der Waals surface area contributed by atoms with Crippen molar-refractivity contribution < 1.29 is 4.73 Å². The van der Waals surface area contributed by atoms with E-state index >= 15 is 0 Å². The second kappa shape index (κ2) is 5.27. The van der Waals surface area contributed by atoms with Gasteiger partial charge in [0.2, 0.25) is 0 Å². The molecule has 0 N–H and O–H groups in total. The quantitative estimate of drug-likeness (QED) is 0.472. The Kier molecular flexibility index (Phi) is 3.52. The number of benzene rings is 1. The lowest BCUT2D eigenvalue weighted by atomic mass is 10.3. The average molecular weight is 242 g/mol. The highest BCUT2D eigenvalue weighted by molar-refractivity contribution is 5.51. The minimum Gasteiger partial charge on any atom is -0.619 e. The molecule has 1 aromatic heterocycles. The second-order valence-electron chi connectivity index (χ2n) is 4.03. The van der Waals surface area contributed by atoms with E-state index < -0.39 is 0 Å². The van der Waals surface area contributed by atoms with Crippen LogP contribution >= 0.6 is 0 Å². The number of anilines is 1. The maximum Gasteiger partial charge on any atom is 0.182 e. The summed E-state index contributed by atoms with van der Waals surface area (Å²) in [7, 11) is 3.97. The summed E-state index contributed by atoms with van der Waals surface area (Å²) in [5.41, 5.74) is 2.54. The van der Waals surface area contributed by atoms with Crippen molar-refractivity contribution >= 4 is 17.1 Å². The Balaban J connectivity index is 2.11. The number of rotatable bonds is 3. The fourth-order valence-electron chi connectivity index (χ4n) is 1.40. The summed E-state index contributed by atoms with van der Waals surface area (Å²) in [6, 6.07) is 11.0. The van der Waals surface area contributed by atoms with Crippen LogP contribution in [0.2, 0.25) is 0 Å². The van der Waals surface area contributed by atoms with Crippen molar-refractivity contribution in [2.24, 2.45) is 10.2 Å². The first-order valence-corrected chi connectivity index (χ1v) is 5.53. The van der Waals surface area contributed by atoms with Crippen molar-refractivity contribution in [3.05, 3.63) is 54.0 Å². The van der Waals surface area contributed by atoms with E-state index in [2.05, 4.69) is 10.2 Å². The molecule has 0 atom stereocenters. The van der Waals surface area contributed by atoms with Crippen molar-refractivity contribution in [3.63, 3.8) is 0 Å². The van der Waals surface area contributed by atoms with Gasteiger partial charge in [0.1, 0.15) is 0 Å². The molecule has 0 spiro atoms. The van der Waals surface area contributed by atoms with Crippen LogP contribution in [0.4, 0.5) is 17.1 Å². The minimum absolute atomic E-state index is 0.652. The molecule has 1 heterocycles. The van der Waals surface area contributed by atoms with Crippen LogP contribution < -0.4 is 9.63 Å². The molecule has 18 heavy (non-hydrogen) atoms. The van der Waals surface area contributed by atoms with E-state index in [1.54, 1.807) is 12.1 Å². The summed E-state index contributed by atoms with van der Waals surface area (Å²) in [6.07, 6.45) is 2.78. The van der Waals surface area contributed by atoms with Gasteiger partial charge in [-0.05, 0) is 24.3 Å². The van der Waals surface area contributed by atoms with Crippen molar-refractivity contribution in [1.82, 2.24) is 0 Å². The molecule has 2 aromatic rings. The molecule has 0 aliphatic rings. The molecule has 0 fully saturated rings. The second-order valence-corrected chi connectivity index (χ2v) is 4.03. The van der Waals surface area contributed by atoms with E-state index in [-0.39, 0.29) is 0 Å². The van der Waals surface area contributed by atoms with E-state index in [0.717, 1.165) is 11.4 Å². The van der Waals surface area contributed by atoms with Crippen molar-refractivity contribution in [3.8, 4) is 0 Å². The SMILES string of the molecule is CN(C)c1ccc(N=Nc2cc[n+]([O-])cc2)cc1. The number of azo groups is 1. The Hall–Kier alpha value is -2.43. The van der Waals surface area contributed by atoms with Crippen molar-refractivity contribution in [2.75, 3.05) is 19.0 Å². The lowest BCUT2D eigenvalue weighted by Crippen LogP contribution is -2.22.